The van der Waals surface area contributed by atoms with Gasteiger partial charge in [0.25, 0.3) is 5.56 Å². The fourth-order valence-electron chi connectivity index (χ4n) is 4.01. The molecule has 8 nitrogen and oxygen atoms in total. The van der Waals surface area contributed by atoms with Gasteiger partial charge in [-0.05, 0) is 37.3 Å². The number of para-hydroxylation sites is 1. The molecule has 1 aliphatic heterocycles. The number of hydrogen-bond donors (Lipinski definition) is 0. The van der Waals surface area contributed by atoms with Crippen LogP contribution in [0.25, 0.3) is 5.69 Å². The second kappa shape index (κ2) is 8.56. The van der Waals surface area contributed by atoms with E-state index in [2.05, 4.69) is 0 Å². The minimum Gasteiger partial charge on any atom is -0.363 e. The monoisotopic (exact) mass is 476 g/mol. The summed E-state index contributed by atoms with van der Waals surface area (Å²) in [5.74, 6) is -1.88. The van der Waals surface area contributed by atoms with Crippen LogP contribution >= 0.6 is 0 Å². The molecule has 0 amide bonds. The zero-order chi connectivity index (χ0) is 23.9. The van der Waals surface area contributed by atoms with Gasteiger partial charge in [0.2, 0.25) is 10.0 Å². The first kappa shape index (κ1) is 22.9. The Bertz CT molecular complexity index is 1430. The highest BCUT2D eigenvalue weighted by Gasteiger charge is 2.32. The summed E-state index contributed by atoms with van der Waals surface area (Å²) in [6, 6.07) is 11.2. The lowest BCUT2D eigenvalue weighted by Gasteiger charge is -2.36. The van der Waals surface area contributed by atoms with Crippen LogP contribution in [-0.2, 0) is 17.1 Å². The molecule has 0 atom stereocenters. The van der Waals surface area contributed by atoms with E-state index in [0.29, 0.717) is 17.4 Å². The van der Waals surface area contributed by atoms with Crippen molar-refractivity contribution in [2.45, 2.75) is 11.8 Å². The van der Waals surface area contributed by atoms with E-state index in [9.17, 15) is 26.8 Å². The number of aromatic nitrogens is 2. The van der Waals surface area contributed by atoms with Crippen molar-refractivity contribution in [3.63, 3.8) is 0 Å². The Morgan fingerprint density at radius 1 is 0.909 bits per heavy atom. The Hall–Kier alpha value is -3.31. The molecule has 174 valence electrons. The third kappa shape index (κ3) is 3.98. The van der Waals surface area contributed by atoms with Crippen molar-refractivity contribution in [1.29, 1.82) is 0 Å². The molecule has 11 heteroatoms. The lowest BCUT2D eigenvalue weighted by atomic mass is 10.2. The fourth-order valence-corrected chi connectivity index (χ4v) is 5.51. The van der Waals surface area contributed by atoms with Crippen molar-refractivity contribution < 1.29 is 17.2 Å². The van der Waals surface area contributed by atoms with Crippen LogP contribution in [-0.4, -0.2) is 48.0 Å². The number of sulfonamides is 1. The van der Waals surface area contributed by atoms with E-state index in [0.717, 1.165) is 21.0 Å². The van der Waals surface area contributed by atoms with Gasteiger partial charge in [0.15, 0.2) is 0 Å². The summed E-state index contributed by atoms with van der Waals surface area (Å²) in [4.78, 5) is 26.8. The van der Waals surface area contributed by atoms with Crippen molar-refractivity contribution in [2.24, 2.45) is 7.05 Å². The number of rotatable bonds is 4. The minimum absolute atomic E-state index is 0.0364. The largest absolute Gasteiger partial charge is 0.363 e. The van der Waals surface area contributed by atoms with Crippen molar-refractivity contribution in [1.82, 2.24) is 13.4 Å². The average Bonchev–Trinajstić information content (AvgIpc) is 2.80. The summed E-state index contributed by atoms with van der Waals surface area (Å²) in [7, 11) is -2.86. The molecule has 1 aromatic heterocycles. The molecule has 33 heavy (non-hydrogen) atoms. The Labute approximate surface area is 189 Å². The van der Waals surface area contributed by atoms with Crippen LogP contribution < -0.4 is 16.1 Å². The molecule has 0 unspecified atom stereocenters. The van der Waals surface area contributed by atoms with Crippen LogP contribution in [0.15, 0.2) is 63.0 Å². The van der Waals surface area contributed by atoms with Crippen molar-refractivity contribution in [3.05, 3.63) is 86.7 Å². The summed E-state index contributed by atoms with van der Waals surface area (Å²) in [5, 5.41) is 0. The molecule has 1 fully saturated rings. The fraction of sp³-hybridized carbons (Fsp3) is 0.273. The molecule has 4 rings (SSSR count). The molecule has 0 spiro atoms. The first-order valence-corrected chi connectivity index (χ1v) is 11.6. The maximum Gasteiger partial charge on any atom is 0.335 e. The van der Waals surface area contributed by atoms with Gasteiger partial charge < -0.3 is 4.90 Å². The molecule has 2 aromatic carbocycles. The van der Waals surface area contributed by atoms with Gasteiger partial charge in [-0.3, -0.25) is 13.9 Å². The third-order valence-electron chi connectivity index (χ3n) is 5.74. The van der Waals surface area contributed by atoms with Crippen molar-refractivity contribution in [2.75, 3.05) is 31.1 Å². The third-order valence-corrected chi connectivity index (χ3v) is 7.66. The predicted octanol–water partition coefficient (Wildman–Crippen LogP) is 1.63. The Balaban J connectivity index is 1.67. The van der Waals surface area contributed by atoms with E-state index in [1.807, 2.05) is 6.07 Å². The van der Waals surface area contributed by atoms with Crippen LogP contribution in [0, 0.1) is 18.6 Å². The normalized spacial score (nSPS) is 15.1. The second-order valence-electron chi connectivity index (χ2n) is 7.72. The molecule has 1 saturated heterocycles. The summed E-state index contributed by atoms with van der Waals surface area (Å²) in [5.41, 5.74) is 0.337. The topological polar surface area (TPSA) is 84.6 Å². The van der Waals surface area contributed by atoms with Gasteiger partial charge in [-0.2, -0.15) is 4.31 Å². The van der Waals surface area contributed by atoms with Crippen molar-refractivity contribution >= 4 is 15.7 Å². The van der Waals surface area contributed by atoms with Gasteiger partial charge >= 0.3 is 5.69 Å². The molecule has 0 bridgehead atoms. The number of halogens is 2. The average molecular weight is 477 g/mol. The number of hydrogen-bond acceptors (Lipinski definition) is 5. The summed E-state index contributed by atoms with van der Waals surface area (Å²) in [6.45, 7) is 1.87. The highest BCUT2D eigenvalue weighted by molar-refractivity contribution is 7.89. The van der Waals surface area contributed by atoms with Gasteiger partial charge in [0, 0.05) is 33.2 Å². The summed E-state index contributed by atoms with van der Waals surface area (Å²) >= 11 is 0. The number of nitrogens with zero attached hydrogens (tertiary/aromatic N) is 4. The number of anilines is 1. The second-order valence-corrected chi connectivity index (χ2v) is 9.62. The molecular weight excluding hydrogens is 454 g/mol. The molecule has 0 radical (unpaired) electrons. The quantitative estimate of drug-likeness (QED) is 0.572. The lowest BCUT2D eigenvalue weighted by molar-refractivity contribution is 0.380. The molecule has 1 aliphatic rings. The SMILES string of the molecule is Cc1c(N2CCN(S(=O)(=O)c3cc(F)ccc3F)CC2)c(=O)n(C)c(=O)n1-c1ccccc1. The van der Waals surface area contributed by atoms with Gasteiger partial charge in [0.1, 0.15) is 22.2 Å². The van der Waals surface area contributed by atoms with Crippen LogP contribution in [0.3, 0.4) is 0 Å². The zero-order valence-electron chi connectivity index (χ0n) is 18.0. The summed E-state index contributed by atoms with van der Waals surface area (Å²) in [6.07, 6.45) is 0. The van der Waals surface area contributed by atoms with E-state index in [-0.39, 0.29) is 31.9 Å². The van der Waals surface area contributed by atoms with E-state index in [1.165, 1.54) is 11.6 Å². The van der Waals surface area contributed by atoms with Crippen LogP contribution in [0.5, 0.6) is 0 Å². The van der Waals surface area contributed by atoms with Gasteiger partial charge in [-0.1, -0.05) is 18.2 Å². The molecule has 0 N–H and O–H groups in total. The maximum atomic E-state index is 14.1. The molecule has 3 aromatic rings. The smallest absolute Gasteiger partial charge is 0.335 e. The van der Waals surface area contributed by atoms with Gasteiger partial charge in [-0.15, -0.1) is 0 Å². The maximum absolute atomic E-state index is 14.1. The molecular formula is C22H22F2N4O4S. The first-order chi connectivity index (χ1) is 15.6. The van der Waals surface area contributed by atoms with E-state index < -0.39 is 37.8 Å². The Morgan fingerprint density at radius 3 is 2.18 bits per heavy atom. The number of benzene rings is 2. The minimum atomic E-state index is -4.25. The lowest BCUT2D eigenvalue weighted by Crippen LogP contribution is -2.52. The Kier molecular flexibility index (Phi) is 5.93. The molecule has 0 aliphatic carbocycles. The summed E-state index contributed by atoms with van der Waals surface area (Å²) < 4.78 is 56.9. The standard InChI is InChI=1S/C22H22F2N4O4S/c1-15-20(21(29)25(2)22(30)28(15)17-6-4-3-5-7-17)26-10-12-27(13-11-26)33(31,32)19-14-16(23)8-9-18(19)24/h3-9,14H,10-13H2,1-2H3. The van der Waals surface area contributed by atoms with Gasteiger partial charge in [-0.25, -0.2) is 22.0 Å². The van der Waals surface area contributed by atoms with Crippen LogP contribution in [0.1, 0.15) is 5.69 Å². The van der Waals surface area contributed by atoms with Crippen LogP contribution in [0.2, 0.25) is 0 Å². The molecule has 2 heterocycles. The Morgan fingerprint density at radius 2 is 1.55 bits per heavy atom. The zero-order valence-corrected chi connectivity index (χ0v) is 18.8. The first-order valence-electron chi connectivity index (χ1n) is 10.2. The highest BCUT2D eigenvalue weighted by Crippen LogP contribution is 2.24. The molecule has 0 saturated carbocycles. The highest BCUT2D eigenvalue weighted by atomic mass is 32.2. The van der Waals surface area contributed by atoms with E-state index >= 15 is 0 Å². The predicted molar refractivity (Wildman–Crippen MR) is 119 cm³/mol. The van der Waals surface area contributed by atoms with Crippen molar-refractivity contribution in [3.8, 4) is 5.69 Å². The van der Waals surface area contributed by atoms with Crippen LogP contribution in [0.4, 0.5) is 14.5 Å². The van der Waals surface area contributed by atoms with Gasteiger partial charge in [0.05, 0.1) is 11.4 Å². The number of piperazine rings is 1. The van der Waals surface area contributed by atoms with E-state index in [4.69, 9.17) is 0 Å². The van der Waals surface area contributed by atoms with E-state index in [1.54, 1.807) is 36.1 Å².